The number of hydrogen-bond acceptors (Lipinski definition) is 10. The molecule has 16 heteroatoms. The lowest BCUT2D eigenvalue weighted by Crippen LogP contribution is -2.68. The van der Waals surface area contributed by atoms with Crippen molar-refractivity contribution in [1.29, 1.82) is 0 Å². The summed E-state index contributed by atoms with van der Waals surface area (Å²) in [7, 11) is 0. The summed E-state index contributed by atoms with van der Waals surface area (Å²) >= 11 is 1.16. The van der Waals surface area contributed by atoms with Crippen molar-refractivity contribution < 1.29 is 38.4 Å². The average molecular weight is 701 g/mol. The normalized spacial score (nSPS) is 21.9. The summed E-state index contributed by atoms with van der Waals surface area (Å²) in [5.74, 6) is -3.62. The number of esters is 1. The van der Waals surface area contributed by atoms with E-state index in [1.807, 2.05) is 0 Å². The molecule has 50 heavy (non-hydrogen) atoms. The fourth-order valence-corrected chi connectivity index (χ4v) is 7.75. The molecule has 3 aliphatic heterocycles. The highest BCUT2D eigenvalue weighted by Gasteiger charge is 2.63. The Bertz CT molecular complexity index is 1840. The number of rotatable bonds is 10. The Morgan fingerprint density at radius 3 is 2.26 bits per heavy atom. The maximum atomic E-state index is 13.8. The van der Waals surface area contributed by atoms with Crippen molar-refractivity contribution >= 4 is 53.1 Å². The minimum Gasteiger partial charge on any atom is -0.459 e. The van der Waals surface area contributed by atoms with E-state index in [1.165, 1.54) is 34.1 Å². The smallest absolute Gasteiger partial charge is 0.329 e. The van der Waals surface area contributed by atoms with Gasteiger partial charge in [0.1, 0.15) is 24.1 Å². The van der Waals surface area contributed by atoms with Gasteiger partial charge in [-0.05, 0) is 35.7 Å². The molecule has 6 amide bonds. The van der Waals surface area contributed by atoms with E-state index in [0.717, 1.165) is 16.7 Å². The summed E-state index contributed by atoms with van der Waals surface area (Å²) in [6, 6.07) is 19.3. The molecular weight excluding hydrogens is 668 g/mol. The number of likely N-dealkylation sites (N-methyl/N-ethyl adjacent to an activating group) is 1. The van der Waals surface area contributed by atoms with E-state index < -0.39 is 62.8 Å². The molecular formula is C34H32N6O9S. The van der Waals surface area contributed by atoms with Crippen LogP contribution in [0.25, 0.3) is 0 Å². The second-order valence-corrected chi connectivity index (χ2v) is 13.2. The Morgan fingerprint density at radius 1 is 0.960 bits per heavy atom. The summed E-state index contributed by atoms with van der Waals surface area (Å²) in [6.07, 6.45) is 0. The van der Waals surface area contributed by atoms with Crippen molar-refractivity contribution in [3.05, 3.63) is 112 Å². The Labute approximate surface area is 290 Å². The molecule has 4 atom stereocenters. The van der Waals surface area contributed by atoms with E-state index in [4.69, 9.17) is 4.74 Å². The molecule has 3 aliphatic rings. The molecule has 0 radical (unpaired) electrons. The van der Waals surface area contributed by atoms with Gasteiger partial charge in [0.05, 0.1) is 11.5 Å². The number of non-ortho nitro benzene ring substituents is 1. The highest BCUT2D eigenvalue weighted by atomic mass is 32.2. The second-order valence-electron chi connectivity index (χ2n) is 11.8. The minimum absolute atomic E-state index is 0.0324. The third-order valence-corrected chi connectivity index (χ3v) is 10.5. The van der Waals surface area contributed by atoms with Crippen LogP contribution in [-0.4, -0.2) is 92.8 Å². The topological polar surface area (TPSA) is 189 Å². The van der Waals surface area contributed by atoms with E-state index in [2.05, 4.69) is 10.6 Å². The Morgan fingerprint density at radius 2 is 1.62 bits per heavy atom. The molecule has 0 saturated carbocycles. The van der Waals surface area contributed by atoms with Crippen molar-refractivity contribution in [2.24, 2.45) is 0 Å². The highest BCUT2D eigenvalue weighted by molar-refractivity contribution is 8.02. The van der Waals surface area contributed by atoms with Gasteiger partial charge in [-0.2, -0.15) is 0 Å². The number of nitro groups is 1. The number of thioether (sulfide) groups is 1. The van der Waals surface area contributed by atoms with Crippen LogP contribution in [-0.2, 0) is 40.1 Å². The molecule has 6 rings (SSSR count). The minimum atomic E-state index is -1.34. The third-order valence-electron chi connectivity index (χ3n) is 8.84. The summed E-state index contributed by atoms with van der Waals surface area (Å²) in [4.78, 5) is 93.5. The molecule has 15 nitrogen and oxygen atoms in total. The van der Waals surface area contributed by atoms with Gasteiger partial charge in [-0.1, -0.05) is 60.7 Å². The van der Waals surface area contributed by atoms with Gasteiger partial charge in [0.25, 0.3) is 5.69 Å². The van der Waals surface area contributed by atoms with E-state index in [1.54, 1.807) is 67.6 Å². The molecule has 0 aliphatic carbocycles. The van der Waals surface area contributed by atoms with E-state index in [-0.39, 0.29) is 31.9 Å². The van der Waals surface area contributed by atoms with Crippen LogP contribution in [0.2, 0.25) is 0 Å². The lowest BCUT2D eigenvalue weighted by Gasteiger charge is -2.42. The molecule has 3 saturated heterocycles. The first kappa shape index (κ1) is 34.1. The Hall–Kier alpha value is -5.77. The maximum absolute atomic E-state index is 13.8. The summed E-state index contributed by atoms with van der Waals surface area (Å²) in [5.41, 5.74) is 1.39. The van der Waals surface area contributed by atoms with Gasteiger partial charge in [0.15, 0.2) is 4.75 Å². The summed E-state index contributed by atoms with van der Waals surface area (Å²) in [6.45, 7) is 1.94. The number of imide groups is 1. The predicted molar refractivity (Wildman–Crippen MR) is 178 cm³/mol. The van der Waals surface area contributed by atoms with Gasteiger partial charge in [0.2, 0.25) is 11.8 Å². The van der Waals surface area contributed by atoms with Crippen molar-refractivity contribution in [2.45, 2.75) is 35.7 Å². The SMILES string of the molecule is CCN1CCN(C(=O)N[C@@H](C(=O)N[C@@H]2C(=O)N3C[C@@](C(=O)OCc4ccc([N+](=O)[O-])cc4)(c4ccccc4)S[C@H]23)c2ccccc2)C(=O)C1=O. The zero-order valence-corrected chi connectivity index (χ0v) is 27.5. The number of piperazine rings is 1. The number of fused-ring (bicyclic) bond motifs is 1. The number of benzene rings is 3. The molecule has 0 spiro atoms. The van der Waals surface area contributed by atoms with Crippen LogP contribution in [0.15, 0.2) is 84.9 Å². The van der Waals surface area contributed by atoms with Crippen molar-refractivity contribution in [3.63, 3.8) is 0 Å². The molecule has 0 aromatic heterocycles. The first-order valence-electron chi connectivity index (χ1n) is 15.7. The number of ether oxygens (including phenoxy) is 1. The van der Waals surface area contributed by atoms with Gasteiger partial charge >= 0.3 is 23.8 Å². The summed E-state index contributed by atoms with van der Waals surface area (Å²) < 4.78 is 4.37. The zero-order valence-electron chi connectivity index (χ0n) is 26.7. The van der Waals surface area contributed by atoms with Gasteiger partial charge in [-0.3, -0.25) is 39.0 Å². The van der Waals surface area contributed by atoms with Crippen LogP contribution in [0.3, 0.4) is 0 Å². The largest absolute Gasteiger partial charge is 0.459 e. The van der Waals surface area contributed by atoms with Gasteiger partial charge < -0.3 is 25.2 Å². The number of β-lactam (4-membered cyclic amide) rings is 1. The predicted octanol–water partition coefficient (Wildman–Crippen LogP) is 2.08. The summed E-state index contributed by atoms with van der Waals surface area (Å²) in [5, 5.41) is 15.6. The number of hydrogen-bond donors (Lipinski definition) is 2. The molecule has 3 heterocycles. The average Bonchev–Trinajstić information content (AvgIpc) is 3.51. The Balaban J connectivity index is 1.18. The van der Waals surface area contributed by atoms with Gasteiger partial charge in [-0.25, -0.2) is 4.79 Å². The molecule has 0 unspecified atom stereocenters. The lowest BCUT2D eigenvalue weighted by molar-refractivity contribution is -0.384. The lowest BCUT2D eigenvalue weighted by atomic mass is 9.95. The molecule has 3 fully saturated rings. The number of nitrogens with one attached hydrogen (secondary N) is 2. The second kappa shape index (κ2) is 14.0. The van der Waals surface area contributed by atoms with Crippen LogP contribution < -0.4 is 10.6 Å². The van der Waals surface area contributed by atoms with Crippen LogP contribution in [0.4, 0.5) is 10.5 Å². The van der Waals surface area contributed by atoms with Gasteiger partial charge in [-0.15, -0.1) is 11.8 Å². The molecule has 3 aromatic carbocycles. The van der Waals surface area contributed by atoms with Crippen LogP contribution in [0.1, 0.15) is 29.7 Å². The zero-order chi connectivity index (χ0) is 35.6. The number of nitro benzene ring substituents is 1. The first-order valence-corrected chi connectivity index (χ1v) is 16.6. The molecule has 2 N–H and O–H groups in total. The van der Waals surface area contributed by atoms with E-state index in [0.29, 0.717) is 23.2 Å². The van der Waals surface area contributed by atoms with Crippen molar-refractivity contribution in [3.8, 4) is 0 Å². The van der Waals surface area contributed by atoms with Crippen LogP contribution in [0.5, 0.6) is 0 Å². The van der Waals surface area contributed by atoms with Crippen molar-refractivity contribution in [2.75, 3.05) is 26.2 Å². The Kier molecular flexibility index (Phi) is 9.54. The van der Waals surface area contributed by atoms with E-state index >= 15 is 0 Å². The van der Waals surface area contributed by atoms with Crippen LogP contribution >= 0.6 is 11.8 Å². The number of carbonyl (C=O) groups excluding carboxylic acids is 6. The standard InChI is InChI=1S/C34H32N6O9S/c1-2-37-17-18-38(30(44)29(37)43)33(46)36-25(22-9-5-3-6-10-22)27(41)35-26-28(42)39-20-34(50-31(26)39,23-11-7-4-8-12-23)32(45)49-19-21-13-15-24(16-14-21)40(47)48/h3-16,25-26,31H,2,17-20H2,1H3,(H,35,41)(H,36,46)/t25-,26-,31-,34+/m1/s1. The fraction of sp³-hybridized carbons (Fsp3) is 0.294. The van der Waals surface area contributed by atoms with Crippen molar-refractivity contribution in [1.82, 2.24) is 25.3 Å². The number of urea groups is 1. The third kappa shape index (κ3) is 6.36. The molecule has 258 valence electrons. The molecule has 0 bridgehead atoms. The van der Waals surface area contributed by atoms with Crippen LogP contribution in [0, 0.1) is 10.1 Å². The van der Waals surface area contributed by atoms with E-state index in [9.17, 15) is 38.9 Å². The number of nitrogens with zero attached hydrogens (tertiary/aromatic N) is 4. The quantitative estimate of drug-likeness (QED) is 0.104. The first-order chi connectivity index (χ1) is 24.0. The molecule has 3 aromatic rings. The monoisotopic (exact) mass is 700 g/mol. The number of amides is 6. The highest BCUT2D eigenvalue weighted by Crippen LogP contribution is 2.53. The number of carbonyl (C=O) groups is 6. The van der Waals surface area contributed by atoms with Gasteiger partial charge in [0, 0.05) is 31.8 Å². The fourth-order valence-electron chi connectivity index (χ4n) is 6.07. The maximum Gasteiger partial charge on any atom is 0.329 e.